The van der Waals surface area contributed by atoms with E-state index in [0.717, 1.165) is 19.2 Å². The fraction of sp³-hybridized carbons (Fsp3) is 0.231. The Hall–Kier alpha value is -3.12. The van der Waals surface area contributed by atoms with E-state index < -0.39 is 24.2 Å². The van der Waals surface area contributed by atoms with Crippen LogP contribution in [0.5, 0.6) is 11.8 Å². The molecule has 3 heterocycles. The largest absolute Gasteiger partial charge is 0.574 e. The van der Waals surface area contributed by atoms with Crippen LogP contribution in [0.3, 0.4) is 0 Å². The van der Waals surface area contributed by atoms with Crippen LogP contribution in [0.2, 0.25) is 0 Å². The fourth-order valence-corrected chi connectivity index (χ4v) is 2.06. The van der Waals surface area contributed by atoms with Crippen molar-refractivity contribution >= 4 is 5.65 Å². The Bertz CT molecular complexity index is 952. The quantitative estimate of drug-likeness (QED) is 0.651. The molecule has 0 aliphatic rings. The van der Waals surface area contributed by atoms with Gasteiger partial charge in [-0.1, -0.05) is 0 Å². The van der Waals surface area contributed by atoms with Crippen LogP contribution in [-0.2, 0) is 6.18 Å². The van der Waals surface area contributed by atoms with Gasteiger partial charge in [0, 0.05) is 6.07 Å². The van der Waals surface area contributed by atoms with Gasteiger partial charge in [0.25, 0.3) is 5.82 Å². The Kier molecular flexibility index (Phi) is 4.08. The molecule has 0 radical (unpaired) electrons. The van der Waals surface area contributed by atoms with E-state index >= 15 is 0 Å². The predicted molar refractivity (Wildman–Crippen MR) is 72.3 cm³/mol. The smallest absolute Gasteiger partial charge is 0.480 e. The molecular formula is C13H7F6N5O2. The third kappa shape index (κ3) is 3.45. The van der Waals surface area contributed by atoms with E-state index in [1.807, 2.05) is 0 Å². The number of fused-ring (bicyclic) bond motifs is 1. The Balaban J connectivity index is 2.08. The van der Waals surface area contributed by atoms with Gasteiger partial charge in [-0.15, -0.1) is 23.4 Å². The molecule has 0 spiro atoms. The highest BCUT2D eigenvalue weighted by Gasteiger charge is 2.38. The van der Waals surface area contributed by atoms with Crippen LogP contribution in [-0.4, -0.2) is 38.3 Å². The molecule has 138 valence electrons. The van der Waals surface area contributed by atoms with E-state index in [2.05, 4.69) is 25.0 Å². The average Bonchev–Trinajstić information content (AvgIpc) is 2.96. The minimum absolute atomic E-state index is 0.0470. The lowest BCUT2D eigenvalue weighted by Gasteiger charge is -2.11. The first-order valence-corrected chi connectivity index (χ1v) is 6.69. The molecular weight excluding hydrogens is 372 g/mol. The fourth-order valence-electron chi connectivity index (χ4n) is 2.06. The molecule has 0 N–H and O–H groups in total. The van der Waals surface area contributed by atoms with Crippen molar-refractivity contribution in [2.24, 2.45) is 0 Å². The zero-order valence-electron chi connectivity index (χ0n) is 12.6. The molecule has 0 unspecified atom stereocenters. The summed E-state index contributed by atoms with van der Waals surface area (Å²) in [7, 11) is 1.13. The monoisotopic (exact) mass is 379 g/mol. The molecule has 3 rings (SSSR count). The molecule has 0 amide bonds. The third-order valence-electron chi connectivity index (χ3n) is 3.04. The van der Waals surface area contributed by atoms with Crippen molar-refractivity contribution in [3.05, 3.63) is 30.1 Å². The van der Waals surface area contributed by atoms with Crippen molar-refractivity contribution in [2.75, 3.05) is 7.11 Å². The topological polar surface area (TPSA) is 74.4 Å². The van der Waals surface area contributed by atoms with Gasteiger partial charge < -0.3 is 9.47 Å². The first-order chi connectivity index (χ1) is 12.1. The number of ether oxygens (including phenoxy) is 2. The molecule has 0 saturated carbocycles. The number of halogens is 6. The van der Waals surface area contributed by atoms with E-state index in [4.69, 9.17) is 4.74 Å². The normalized spacial score (nSPS) is 12.4. The summed E-state index contributed by atoms with van der Waals surface area (Å²) >= 11 is 0. The maximum atomic E-state index is 12.9. The van der Waals surface area contributed by atoms with E-state index in [9.17, 15) is 26.3 Å². The molecule has 0 atom stereocenters. The number of hydrogen-bond donors (Lipinski definition) is 0. The van der Waals surface area contributed by atoms with Crippen LogP contribution in [0.15, 0.2) is 24.3 Å². The van der Waals surface area contributed by atoms with Gasteiger partial charge in [0.1, 0.15) is 0 Å². The molecule has 0 bridgehead atoms. The summed E-state index contributed by atoms with van der Waals surface area (Å²) in [6, 6.07) is 4.52. The summed E-state index contributed by atoms with van der Waals surface area (Å²) < 4.78 is 84.5. The Labute approximate surface area is 140 Å². The second-order valence-electron chi connectivity index (χ2n) is 4.76. The first kappa shape index (κ1) is 17.7. The summed E-state index contributed by atoms with van der Waals surface area (Å²) in [4.78, 5) is 3.52. The SMILES string of the molecule is COc1nc(OC(F)(F)F)ccc1-c1ccc2nnc(C(F)(F)F)n2n1. The molecule has 7 nitrogen and oxygen atoms in total. The lowest BCUT2D eigenvalue weighted by atomic mass is 10.2. The minimum Gasteiger partial charge on any atom is -0.480 e. The molecule has 0 fully saturated rings. The van der Waals surface area contributed by atoms with Gasteiger partial charge in [-0.05, 0) is 18.2 Å². The van der Waals surface area contributed by atoms with E-state index in [1.165, 1.54) is 12.1 Å². The molecule has 13 heteroatoms. The van der Waals surface area contributed by atoms with Crippen molar-refractivity contribution in [2.45, 2.75) is 12.5 Å². The second-order valence-corrected chi connectivity index (χ2v) is 4.76. The summed E-state index contributed by atoms with van der Waals surface area (Å²) in [6.07, 6.45) is -9.75. The number of nitrogens with zero attached hydrogens (tertiary/aromatic N) is 5. The standard InChI is InChI=1S/C13H7F6N5O2/c1-25-10-6(2-5-9(20-10)26-13(17,18)19)7-3-4-8-21-22-11(12(14,15)16)24(8)23-7/h2-5H,1H3. The van der Waals surface area contributed by atoms with Gasteiger partial charge in [0.15, 0.2) is 5.65 Å². The minimum atomic E-state index is -4.96. The number of methoxy groups -OCH3 is 1. The third-order valence-corrected chi connectivity index (χ3v) is 3.04. The summed E-state index contributed by atoms with van der Waals surface area (Å²) in [6.45, 7) is 0. The number of hydrogen-bond acceptors (Lipinski definition) is 6. The van der Waals surface area contributed by atoms with Crippen LogP contribution >= 0.6 is 0 Å². The van der Waals surface area contributed by atoms with Gasteiger partial charge in [0.2, 0.25) is 11.8 Å². The van der Waals surface area contributed by atoms with Crippen LogP contribution in [0, 0.1) is 0 Å². The number of pyridine rings is 1. The summed E-state index contributed by atoms with van der Waals surface area (Å²) in [5.41, 5.74) is -0.165. The highest BCUT2D eigenvalue weighted by molar-refractivity contribution is 5.66. The van der Waals surface area contributed by atoms with E-state index in [1.54, 1.807) is 0 Å². The van der Waals surface area contributed by atoms with E-state index in [-0.39, 0.29) is 22.8 Å². The Morgan fingerprint density at radius 3 is 2.31 bits per heavy atom. The second kappa shape index (κ2) is 6.00. The van der Waals surface area contributed by atoms with Crippen LogP contribution in [0.25, 0.3) is 16.9 Å². The number of aromatic nitrogens is 5. The van der Waals surface area contributed by atoms with Gasteiger partial charge >= 0.3 is 12.5 Å². The predicted octanol–water partition coefficient (Wildman–Crippen LogP) is 3.11. The highest BCUT2D eigenvalue weighted by atomic mass is 19.4. The van der Waals surface area contributed by atoms with Crippen molar-refractivity contribution in [3.8, 4) is 23.0 Å². The molecule has 26 heavy (non-hydrogen) atoms. The average molecular weight is 379 g/mol. The molecule has 0 aromatic carbocycles. The number of rotatable bonds is 3. The highest BCUT2D eigenvalue weighted by Crippen LogP contribution is 2.32. The van der Waals surface area contributed by atoms with Crippen molar-refractivity contribution < 1.29 is 35.8 Å². The maximum Gasteiger partial charge on any atom is 0.574 e. The lowest BCUT2D eigenvalue weighted by molar-refractivity contribution is -0.276. The summed E-state index contributed by atoms with van der Waals surface area (Å²) in [5.74, 6) is -2.46. The maximum absolute atomic E-state index is 12.9. The molecule has 0 aliphatic carbocycles. The molecule has 0 aliphatic heterocycles. The van der Waals surface area contributed by atoms with Crippen molar-refractivity contribution in [3.63, 3.8) is 0 Å². The van der Waals surface area contributed by atoms with Crippen LogP contribution in [0.4, 0.5) is 26.3 Å². The Morgan fingerprint density at radius 2 is 1.69 bits per heavy atom. The van der Waals surface area contributed by atoms with Crippen LogP contribution in [0.1, 0.15) is 5.82 Å². The van der Waals surface area contributed by atoms with Crippen molar-refractivity contribution in [1.82, 2.24) is 24.8 Å². The van der Waals surface area contributed by atoms with Gasteiger partial charge in [-0.2, -0.15) is 27.8 Å². The molecule has 3 aromatic rings. The van der Waals surface area contributed by atoms with Crippen LogP contribution < -0.4 is 9.47 Å². The molecule has 3 aromatic heterocycles. The van der Waals surface area contributed by atoms with E-state index in [0.29, 0.717) is 4.52 Å². The van der Waals surface area contributed by atoms with Gasteiger partial charge in [0.05, 0.1) is 18.4 Å². The zero-order valence-corrected chi connectivity index (χ0v) is 12.6. The van der Waals surface area contributed by atoms with Gasteiger partial charge in [-0.25, -0.2) is 0 Å². The van der Waals surface area contributed by atoms with Crippen molar-refractivity contribution in [1.29, 1.82) is 0 Å². The summed E-state index contributed by atoms with van der Waals surface area (Å²) in [5, 5.41) is 10.2. The first-order valence-electron chi connectivity index (χ1n) is 6.69. The van der Waals surface area contributed by atoms with Gasteiger partial charge in [-0.3, -0.25) is 0 Å². The number of alkyl halides is 6. The Morgan fingerprint density at radius 1 is 0.962 bits per heavy atom. The lowest BCUT2D eigenvalue weighted by Crippen LogP contribution is -2.18. The molecule has 0 saturated heterocycles. The zero-order chi connectivity index (χ0) is 19.1.